The van der Waals surface area contributed by atoms with Crippen LogP contribution in [0.1, 0.15) is 6.92 Å². The molecule has 0 aromatic rings. The molecule has 1 fully saturated rings. The molecule has 0 aromatic heterocycles. The summed E-state index contributed by atoms with van der Waals surface area (Å²) in [4.78, 5) is 13.5. The molecule has 0 atom stereocenters. The highest BCUT2D eigenvalue weighted by Gasteiger charge is 2.08. The Morgan fingerprint density at radius 3 is 2.87 bits per heavy atom. The summed E-state index contributed by atoms with van der Waals surface area (Å²) in [5, 5.41) is 8.70. The molecular weight excluding hydrogens is 192 g/mol. The second-order valence-corrected chi connectivity index (χ2v) is 3.49. The van der Waals surface area contributed by atoms with Crippen molar-refractivity contribution in [3.63, 3.8) is 0 Å². The van der Waals surface area contributed by atoms with Crippen molar-refractivity contribution in [2.45, 2.75) is 6.92 Å². The van der Waals surface area contributed by atoms with Gasteiger partial charge in [0.15, 0.2) is 0 Å². The number of nitrogens with one attached hydrogen (secondary N) is 3. The average Bonchev–Trinajstić information content (AvgIpc) is 2.28. The molecule has 86 valence electrons. The molecule has 15 heavy (non-hydrogen) atoms. The molecule has 0 aliphatic carbocycles. The number of hydrogen-bond donors (Lipinski definition) is 3. The largest absolute Gasteiger partial charge is 0.337 e. The van der Waals surface area contributed by atoms with Gasteiger partial charge in [-0.2, -0.15) is 0 Å². The number of rotatable bonds is 4. The maximum absolute atomic E-state index is 11.1. The van der Waals surface area contributed by atoms with Gasteiger partial charge in [0.1, 0.15) is 0 Å². The van der Waals surface area contributed by atoms with E-state index in [2.05, 4.69) is 20.9 Å². The van der Waals surface area contributed by atoms with Crippen LogP contribution in [0.5, 0.6) is 0 Å². The molecule has 1 aliphatic heterocycles. The molecule has 0 radical (unpaired) electrons. The van der Waals surface area contributed by atoms with E-state index in [0.29, 0.717) is 6.54 Å². The van der Waals surface area contributed by atoms with E-state index >= 15 is 0 Å². The van der Waals surface area contributed by atoms with Gasteiger partial charge < -0.3 is 16.0 Å². The Bertz CT molecular complexity index is 211. The first-order chi connectivity index (χ1) is 7.33. The third-order valence-corrected chi connectivity index (χ3v) is 2.30. The predicted octanol–water partition coefficient (Wildman–Crippen LogP) is -0.276. The van der Waals surface area contributed by atoms with Gasteiger partial charge in [0.25, 0.3) is 0 Å². The highest BCUT2D eigenvalue weighted by Crippen LogP contribution is 1.89. The summed E-state index contributed by atoms with van der Waals surface area (Å²) in [6.07, 6.45) is 3.41. The van der Waals surface area contributed by atoms with Crippen molar-refractivity contribution in [3.05, 3.63) is 12.3 Å². The van der Waals surface area contributed by atoms with Crippen LogP contribution in [0.15, 0.2) is 12.3 Å². The maximum Gasteiger partial charge on any atom is 0.318 e. The van der Waals surface area contributed by atoms with Crippen LogP contribution in [0.3, 0.4) is 0 Å². The molecule has 3 N–H and O–H groups in total. The molecule has 0 spiro atoms. The van der Waals surface area contributed by atoms with Crippen molar-refractivity contribution in [2.75, 3.05) is 39.3 Å². The number of carbonyl (C=O) groups excluding carboxylic acids is 1. The van der Waals surface area contributed by atoms with Gasteiger partial charge in [0.05, 0.1) is 0 Å². The van der Waals surface area contributed by atoms with E-state index in [9.17, 15) is 4.79 Å². The molecule has 1 rings (SSSR count). The zero-order valence-corrected chi connectivity index (χ0v) is 9.25. The SMILES string of the molecule is C/C=C/NC(=O)NCCN1CCNCC1. The zero-order chi connectivity index (χ0) is 10.9. The first-order valence-electron chi connectivity index (χ1n) is 5.41. The van der Waals surface area contributed by atoms with Crippen LogP contribution >= 0.6 is 0 Å². The Morgan fingerprint density at radius 2 is 2.20 bits per heavy atom. The van der Waals surface area contributed by atoms with Crippen molar-refractivity contribution < 1.29 is 4.79 Å². The zero-order valence-electron chi connectivity index (χ0n) is 9.25. The molecule has 0 saturated carbocycles. The summed E-state index contributed by atoms with van der Waals surface area (Å²) in [5.74, 6) is 0. The molecule has 0 aromatic carbocycles. The number of nitrogens with zero attached hydrogens (tertiary/aromatic N) is 1. The molecule has 1 heterocycles. The van der Waals surface area contributed by atoms with Crippen LogP contribution < -0.4 is 16.0 Å². The Labute approximate surface area is 90.9 Å². The van der Waals surface area contributed by atoms with Crippen LogP contribution in [0.4, 0.5) is 4.79 Å². The fraction of sp³-hybridized carbons (Fsp3) is 0.700. The highest BCUT2D eigenvalue weighted by molar-refractivity contribution is 5.74. The van der Waals surface area contributed by atoms with E-state index in [1.807, 2.05) is 6.92 Å². The van der Waals surface area contributed by atoms with Gasteiger partial charge in [0.2, 0.25) is 0 Å². The summed E-state index contributed by atoms with van der Waals surface area (Å²) in [7, 11) is 0. The van der Waals surface area contributed by atoms with Crippen LogP contribution in [0, 0.1) is 0 Å². The van der Waals surface area contributed by atoms with Gasteiger partial charge in [-0.25, -0.2) is 4.79 Å². The van der Waals surface area contributed by atoms with Gasteiger partial charge in [-0.3, -0.25) is 4.90 Å². The first-order valence-corrected chi connectivity index (χ1v) is 5.41. The summed E-state index contributed by atoms with van der Waals surface area (Å²) in [5.41, 5.74) is 0. The Balaban J connectivity index is 2.02. The molecular formula is C10H20N4O. The molecule has 5 heteroatoms. The maximum atomic E-state index is 11.1. The summed E-state index contributed by atoms with van der Waals surface area (Å²) >= 11 is 0. The topological polar surface area (TPSA) is 56.4 Å². The number of hydrogen-bond acceptors (Lipinski definition) is 3. The third-order valence-electron chi connectivity index (χ3n) is 2.30. The van der Waals surface area contributed by atoms with Gasteiger partial charge >= 0.3 is 6.03 Å². The molecule has 5 nitrogen and oxygen atoms in total. The average molecular weight is 212 g/mol. The lowest BCUT2D eigenvalue weighted by Crippen LogP contribution is -2.46. The van der Waals surface area contributed by atoms with E-state index in [-0.39, 0.29) is 6.03 Å². The second kappa shape index (κ2) is 7.25. The number of carbonyl (C=O) groups is 1. The fourth-order valence-corrected chi connectivity index (χ4v) is 1.47. The first kappa shape index (κ1) is 12.0. The van der Waals surface area contributed by atoms with Crippen molar-refractivity contribution in [2.24, 2.45) is 0 Å². The van der Waals surface area contributed by atoms with Crippen LogP contribution in [-0.2, 0) is 0 Å². The normalized spacial score (nSPS) is 17.9. The highest BCUT2D eigenvalue weighted by atomic mass is 16.2. The fourth-order valence-electron chi connectivity index (χ4n) is 1.47. The minimum atomic E-state index is -0.136. The van der Waals surface area contributed by atoms with E-state index < -0.39 is 0 Å². The molecule has 2 amide bonds. The Kier molecular flexibility index (Phi) is 5.80. The van der Waals surface area contributed by atoms with Gasteiger partial charge in [-0.05, 0) is 6.92 Å². The quantitative estimate of drug-likeness (QED) is 0.601. The van der Waals surface area contributed by atoms with Crippen LogP contribution in [-0.4, -0.2) is 50.2 Å². The monoisotopic (exact) mass is 212 g/mol. The summed E-state index contributed by atoms with van der Waals surface area (Å²) < 4.78 is 0. The van der Waals surface area contributed by atoms with Crippen molar-refractivity contribution >= 4 is 6.03 Å². The number of urea groups is 1. The summed E-state index contributed by atoms with van der Waals surface area (Å²) in [6, 6.07) is -0.136. The molecule has 0 unspecified atom stereocenters. The Morgan fingerprint density at radius 1 is 1.47 bits per heavy atom. The van der Waals surface area contributed by atoms with Crippen molar-refractivity contribution in [1.82, 2.24) is 20.9 Å². The number of allylic oxidation sites excluding steroid dienone is 1. The van der Waals surface area contributed by atoms with Gasteiger partial charge in [-0.1, -0.05) is 6.08 Å². The van der Waals surface area contributed by atoms with Crippen LogP contribution in [0.25, 0.3) is 0 Å². The smallest absolute Gasteiger partial charge is 0.318 e. The van der Waals surface area contributed by atoms with E-state index in [1.165, 1.54) is 0 Å². The van der Waals surface area contributed by atoms with Crippen molar-refractivity contribution in [1.29, 1.82) is 0 Å². The van der Waals surface area contributed by atoms with Crippen molar-refractivity contribution in [3.8, 4) is 0 Å². The standard InChI is InChI=1S/C10H20N4O/c1-2-3-12-10(15)13-6-9-14-7-4-11-5-8-14/h2-3,11H,4-9H2,1H3,(H2,12,13,15)/b3-2+. The molecule has 1 aliphatic rings. The van der Waals surface area contributed by atoms with Gasteiger partial charge in [0, 0.05) is 45.5 Å². The lowest BCUT2D eigenvalue weighted by atomic mass is 10.3. The predicted molar refractivity (Wildman–Crippen MR) is 60.7 cm³/mol. The lowest BCUT2D eigenvalue weighted by molar-refractivity contribution is 0.229. The molecule has 1 saturated heterocycles. The van der Waals surface area contributed by atoms with E-state index in [0.717, 1.165) is 32.7 Å². The minimum Gasteiger partial charge on any atom is -0.337 e. The molecule has 0 bridgehead atoms. The number of amides is 2. The number of piperazine rings is 1. The van der Waals surface area contributed by atoms with E-state index in [1.54, 1.807) is 12.3 Å². The van der Waals surface area contributed by atoms with E-state index in [4.69, 9.17) is 0 Å². The Hall–Kier alpha value is -1.07. The summed E-state index contributed by atoms with van der Waals surface area (Å²) in [6.45, 7) is 7.71. The van der Waals surface area contributed by atoms with Crippen LogP contribution in [0.2, 0.25) is 0 Å². The van der Waals surface area contributed by atoms with Gasteiger partial charge in [-0.15, -0.1) is 0 Å². The lowest BCUT2D eigenvalue weighted by Gasteiger charge is -2.26. The third kappa shape index (κ3) is 5.39. The second-order valence-electron chi connectivity index (χ2n) is 3.49. The minimum absolute atomic E-state index is 0.136.